The van der Waals surface area contributed by atoms with E-state index in [1.54, 1.807) is 34.1 Å². The number of nitrogens with zero attached hydrogens (tertiary/aromatic N) is 5. The molecule has 1 amide bonds. The van der Waals surface area contributed by atoms with Crippen molar-refractivity contribution in [2.45, 2.75) is 57.6 Å². The second-order valence-corrected chi connectivity index (χ2v) is 11.5. The van der Waals surface area contributed by atoms with Gasteiger partial charge in [-0.3, -0.25) is 19.4 Å². The minimum absolute atomic E-state index is 0.223. The van der Waals surface area contributed by atoms with Gasteiger partial charge in [-0.2, -0.15) is 5.10 Å². The minimum Gasteiger partial charge on any atom is -0.489 e. The molecule has 216 valence electrons. The lowest BCUT2D eigenvalue weighted by molar-refractivity contribution is -0.139. The quantitative estimate of drug-likeness (QED) is 0.288. The van der Waals surface area contributed by atoms with Crippen molar-refractivity contribution in [3.05, 3.63) is 83.8 Å². The van der Waals surface area contributed by atoms with Crippen molar-refractivity contribution in [2.75, 3.05) is 19.7 Å². The smallest absolute Gasteiger partial charge is 0.272 e. The molecule has 1 saturated heterocycles. The average molecular weight is 570 g/mol. The first-order valence-corrected chi connectivity index (χ1v) is 14.3. The Bertz CT molecular complexity index is 1620. The zero-order valence-corrected chi connectivity index (χ0v) is 23.6. The molecular weight excluding hydrogens is 537 g/mol. The number of pyridine rings is 2. The molecule has 0 bridgehead atoms. The predicted molar refractivity (Wildman–Crippen MR) is 152 cm³/mol. The van der Waals surface area contributed by atoms with E-state index >= 15 is 4.39 Å². The third kappa shape index (κ3) is 5.28. The molecule has 42 heavy (non-hydrogen) atoms. The summed E-state index contributed by atoms with van der Waals surface area (Å²) in [5.41, 5.74) is 4.38. The maximum Gasteiger partial charge on any atom is 0.272 e. The predicted octanol–water partition coefficient (Wildman–Crippen LogP) is 5.21. The monoisotopic (exact) mass is 569 g/mol. The summed E-state index contributed by atoms with van der Waals surface area (Å²) in [4.78, 5) is 24.3. The van der Waals surface area contributed by atoms with Crippen molar-refractivity contribution in [1.82, 2.24) is 24.6 Å². The molecule has 4 aromatic rings. The molecule has 3 aromatic heterocycles. The lowest BCUT2D eigenvalue weighted by atomic mass is 9.97. The molecule has 1 aromatic carbocycles. The van der Waals surface area contributed by atoms with Crippen molar-refractivity contribution < 1.29 is 23.4 Å². The van der Waals surface area contributed by atoms with Gasteiger partial charge in [-0.15, -0.1) is 0 Å². The number of carbonyl (C=O) groups excluding carboxylic acids is 1. The van der Waals surface area contributed by atoms with Crippen LogP contribution in [0.1, 0.15) is 54.4 Å². The molecule has 1 unspecified atom stereocenters. The van der Waals surface area contributed by atoms with Crippen LogP contribution in [-0.4, -0.2) is 62.1 Å². The number of rotatable bonds is 8. The molecule has 2 fully saturated rings. The number of ether oxygens (including phenoxy) is 3. The summed E-state index contributed by atoms with van der Waals surface area (Å²) < 4.78 is 35.1. The zero-order valence-electron chi connectivity index (χ0n) is 23.6. The molecule has 10 heteroatoms. The maximum absolute atomic E-state index is 15.9. The van der Waals surface area contributed by atoms with Gasteiger partial charge < -0.3 is 19.1 Å². The standard InChI is InChI=1S/C32H32FN5O4/c1-32(2)41-19-24(42-32)17-37-13-14-38-30(31(37)39)28(29(36-38)22-9-11-34-12-10-22)25-7-6-23(15-26(25)33)40-18-20-3-8-27(35-16-20)21-4-5-21/h3,6-12,15-16,21,24H,4-5,13-14,17-19H2,1-2H3. The third-order valence-corrected chi connectivity index (χ3v) is 7.93. The Morgan fingerprint density at radius 1 is 1.10 bits per heavy atom. The molecule has 0 N–H and O–H groups in total. The van der Waals surface area contributed by atoms with Gasteiger partial charge in [0.1, 0.15) is 35.7 Å². The number of fused-ring (bicyclic) bond motifs is 1. The van der Waals surface area contributed by atoms with Gasteiger partial charge in [0.15, 0.2) is 5.79 Å². The van der Waals surface area contributed by atoms with Gasteiger partial charge in [-0.25, -0.2) is 4.39 Å². The highest BCUT2D eigenvalue weighted by molar-refractivity contribution is 6.03. The minimum atomic E-state index is -0.686. The van der Waals surface area contributed by atoms with E-state index in [-0.39, 0.29) is 24.2 Å². The van der Waals surface area contributed by atoms with Crippen LogP contribution in [0.3, 0.4) is 0 Å². The highest BCUT2D eigenvalue weighted by Gasteiger charge is 2.38. The Morgan fingerprint density at radius 3 is 2.62 bits per heavy atom. The van der Waals surface area contributed by atoms with Crippen LogP contribution in [-0.2, 0) is 22.6 Å². The molecule has 1 saturated carbocycles. The second-order valence-electron chi connectivity index (χ2n) is 11.5. The van der Waals surface area contributed by atoms with Crippen LogP contribution >= 0.6 is 0 Å². The van der Waals surface area contributed by atoms with Crippen molar-refractivity contribution in [3.8, 4) is 28.1 Å². The van der Waals surface area contributed by atoms with Crippen molar-refractivity contribution in [3.63, 3.8) is 0 Å². The third-order valence-electron chi connectivity index (χ3n) is 7.93. The number of benzene rings is 1. The van der Waals surface area contributed by atoms with Crippen LogP contribution in [0.25, 0.3) is 22.4 Å². The van der Waals surface area contributed by atoms with Crippen LogP contribution in [0.2, 0.25) is 0 Å². The summed E-state index contributed by atoms with van der Waals surface area (Å²) in [5, 5.41) is 4.78. The summed E-state index contributed by atoms with van der Waals surface area (Å²) in [6.45, 7) is 5.72. The molecule has 0 radical (unpaired) electrons. The molecule has 5 heterocycles. The second kappa shape index (κ2) is 10.6. The molecule has 9 nitrogen and oxygen atoms in total. The Kier molecular flexibility index (Phi) is 6.74. The van der Waals surface area contributed by atoms with E-state index in [4.69, 9.17) is 19.3 Å². The molecule has 3 aliphatic rings. The van der Waals surface area contributed by atoms with E-state index in [0.717, 1.165) is 16.8 Å². The van der Waals surface area contributed by atoms with Gasteiger partial charge >= 0.3 is 0 Å². The normalized spacial score (nSPS) is 19.6. The first kappa shape index (κ1) is 26.7. The van der Waals surface area contributed by atoms with Crippen molar-refractivity contribution >= 4 is 5.91 Å². The lowest BCUT2D eigenvalue weighted by Crippen LogP contribution is -2.45. The van der Waals surface area contributed by atoms with Gasteiger partial charge in [0, 0.05) is 71.6 Å². The van der Waals surface area contributed by atoms with E-state index in [0.29, 0.717) is 54.9 Å². The molecule has 1 aliphatic carbocycles. The number of halogens is 1. The molecule has 7 rings (SSSR count). The maximum atomic E-state index is 15.9. The number of amides is 1. The van der Waals surface area contributed by atoms with E-state index in [1.807, 2.05) is 44.3 Å². The highest BCUT2D eigenvalue weighted by atomic mass is 19.1. The van der Waals surface area contributed by atoms with Gasteiger partial charge in [0.05, 0.1) is 13.2 Å². The van der Waals surface area contributed by atoms with E-state index < -0.39 is 11.6 Å². The van der Waals surface area contributed by atoms with Crippen LogP contribution < -0.4 is 4.74 Å². The average Bonchev–Trinajstić information content (AvgIpc) is 3.68. The van der Waals surface area contributed by atoms with Crippen molar-refractivity contribution in [2.24, 2.45) is 0 Å². The fourth-order valence-corrected chi connectivity index (χ4v) is 5.64. The Balaban J connectivity index is 1.18. The summed E-state index contributed by atoms with van der Waals surface area (Å²) in [6, 6.07) is 12.4. The largest absolute Gasteiger partial charge is 0.489 e. The molecule has 1 atom stereocenters. The number of hydrogen-bond acceptors (Lipinski definition) is 7. The van der Waals surface area contributed by atoms with Gasteiger partial charge in [-0.1, -0.05) is 6.07 Å². The molecule has 0 spiro atoms. The van der Waals surface area contributed by atoms with Gasteiger partial charge in [0.25, 0.3) is 5.91 Å². The topological polar surface area (TPSA) is 91.6 Å². The van der Waals surface area contributed by atoms with E-state index in [9.17, 15) is 4.79 Å². The SMILES string of the molecule is CC1(C)OCC(CN2CCn3nc(-c4ccncc4)c(-c4ccc(OCc5ccc(C6CC6)nc5)cc4F)c3C2=O)O1. The first-order valence-electron chi connectivity index (χ1n) is 14.3. The fourth-order valence-electron chi connectivity index (χ4n) is 5.64. The summed E-state index contributed by atoms with van der Waals surface area (Å²) in [6.07, 6.45) is 7.29. The van der Waals surface area contributed by atoms with Crippen LogP contribution in [0.5, 0.6) is 5.75 Å². The first-order chi connectivity index (χ1) is 20.3. The molecular formula is C32H32FN5O4. The van der Waals surface area contributed by atoms with Gasteiger partial charge in [-0.05, 0) is 57.0 Å². The Labute approximate surface area is 243 Å². The Hall–Kier alpha value is -4.15. The lowest BCUT2D eigenvalue weighted by Gasteiger charge is -2.30. The molecule has 2 aliphatic heterocycles. The van der Waals surface area contributed by atoms with Crippen LogP contribution in [0.15, 0.2) is 61.1 Å². The van der Waals surface area contributed by atoms with Crippen LogP contribution in [0, 0.1) is 5.82 Å². The fraction of sp³-hybridized carbons (Fsp3) is 0.375. The van der Waals surface area contributed by atoms with E-state index in [2.05, 4.69) is 9.97 Å². The number of carbonyl (C=O) groups is 1. The highest BCUT2D eigenvalue weighted by Crippen LogP contribution is 2.40. The van der Waals surface area contributed by atoms with E-state index in [1.165, 1.54) is 18.9 Å². The summed E-state index contributed by atoms with van der Waals surface area (Å²) in [7, 11) is 0. The Morgan fingerprint density at radius 2 is 1.93 bits per heavy atom. The van der Waals surface area contributed by atoms with Crippen LogP contribution in [0.4, 0.5) is 4.39 Å². The number of aromatic nitrogens is 4. The summed E-state index contributed by atoms with van der Waals surface area (Å²) >= 11 is 0. The van der Waals surface area contributed by atoms with Gasteiger partial charge in [0.2, 0.25) is 0 Å². The number of hydrogen-bond donors (Lipinski definition) is 0. The zero-order chi connectivity index (χ0) is 28.8. The summed E-state index contributed by atoms with van der Waals surface area (Å²) in [5.74, 6) is -0.430. The van der Waals surface area contributed by atoms with Crippen molar-refractivity contribution in [1.29, 1.82) is 0 Å².